The Balaban J connectivity index is 1.53. The van der Waals surface area contributed by atoms with Gasteiger partial charge in [0.1, 0.15) is 0 Å². The molecule has 0 spiro atoms. The molecule has 0 saturated carbocycles. The summed E-state index contributed by atoms with van der Waals surface area (Å²) >= 11 is 0. The third-order valence-electron chi connectivity index (χ3n) is 4.44. The monoisotopic (exact) mass is 317 g/mol. The number of aromatic nitrogens is 2. The Hall–Kier alpha value is -1.88. The van der Waals surface area contributed by atoms with Crippen molar-refractivity contribution in [1.29, 1.82) is 0 Å². The zero-order valence-corrected chi connectivity index (χ0v) is 13.6. The van der Waals surface area contributed by atoms with Gasteiger partial charge in [-0.3, -0.25) is 4.90 Å². The van der Waals surface area contributed by atoms with Crippen molar-refractivity contribution in [3.63, 3.8) is 0 Å². The predicted octanol–water partition coefficient (Wildman–Crippen LogP) is 3.33. The van der Waals surface area contributed by atoms with E-state index in [4.69, 9.17) is 4.74 Å². The molecule has 1 aliphatic heterocycles. The van der Waals surface area contributed by atoms with Gasteiger partial charge < -0.3 is 9.30 Å². The third-order valence-corrected chi connectivity index (χ3v) is 4.44. The number of aryl methyl sites for hydroxylation is 1. The Morgan fingerprint density at radius 1 is 1.35 bits per heavy atom. The van der Waals surface area contributed by atoms with Crippen molar-refractivity contribution in [2.45, 2.75) is 32.9 Å². The lowest BCUT2D eigenvalue weighted by atomic mass is 9.99. The molecule has 1 aliphatic rings. The fourth-order valence-corrected chi connectivity index (χ4v) is 3.19. The van der Waals surface area contributed by atoms with E-state index in [1.165, 1.54) is 11.8 Å². The van der Waals surface area contributed by atoms with Gasteiger partial charge in [0, 0.05) is 31.7 Å². The zero-order valence-electron chi connectivity index (χ0n) is 13.6. The van der Waals surface area contributed by atoms with Crippen LogP contribution in [0.1, 0.15) is 25.5 Å². The molecule has 5 heteroatoms. The summed E-state index contributed by atoms with van der Waals surface area (Å²) in [6, 6.07) is 6.61. The number of para-hydroxylation sites is 1. The Bertz CT molecular complexity index is 628. The first-order valence-corrected chi connectivity index (χ1v) is 8.35. The summed E-state index contributed by atoms with van der Waals surface area (Å²) in [5, 5.41) is 0. The second-order valence-corrected chi connectivity index (χ2v) is 6.16. The molecule has 0 bridgehead atoms. The van der Waals surface area contributed by atoms with Crippen molar-refractivity contribution in [3.8, 4) is 5.75 Å². The van der Waals surface area contributed by atoms with Gasteiger partial charge in [-0.1, -0.05) is 12.1 Å². The maximum absolute atomic E-state index is 13.6. The number of imidazole rings is 1. The topological polar surface area (TPSA) is 30.3 Å². The molecule has 23 heavy (non-hydrogen) atoms. The highest BCUT2D eigenvalue weighted by molar-refractivity contribution is 5.23. The molecule has 0 radical (unpaired) electrons. The van der Waals surface area contributed by atoms with E-state index in [1.807, 2.05) is 12.5 Å². The first-order chi connectivity index (χ1) is 11.3. The van der Waals surface area contributed by atoms with Crippen molar-refractivity contribution in [2.75, 3.05) is 19.7 Å². The summed E-state index contributed by atoms with van der Waals surface area (Å²) in [5.74, 6) is 0.516. The van der Waals surface area contributed by atoms with Crippen LogP contribution in [0.3, 0.4) is 0 Å². The van der Waals surface area contributed by atoms with Crippen LogP contribution in [0.4, 0.5) is 4.39 Å². The molecule has 2 heterocycles. The number of nitrogens with zero attached hydrogens (tertiary/aromatic N) is 3. The lowest BCUT2D eigenvalue weighted by molar-refractivity contribution is 0.121. The summed E-state index contributed by atoms with van der Waals surface area (Å²) in [4.78, 5) is 6.68. The van der Waals surface area contributed by atoms with Crippen LogP contribution in [-0.2, 0) is 13.1 Å². The molecular weight excluding hydrogens is 293 g/mol. The fraction of sp³-hybridized carbons (Fsp3) is 0.500. The molecule has 1 aromatic heterocycles. The Morgan fingerprint density at radius 2 is 2.22 bits per heavy atom. The average Bonchev–Trinajstić information content (AvgIpc) is 3.02. The van der Waals surface area contributed by atoms with E-state index in [-0.39, 0.29) is 5.82 Å². The number of hydrogen-bond acceptors (Lipinski definition) is 3. The molecule has 1 aromatic carbocycles. The van der Waals surface area contributed by atoms with E-state index in [0.29, 0.717) is 18.3 Å². The van der Waals surface area contributed by atoms with Gasteiger partial charge in [-0.2, -0.15) is 0 Å². The highest BCUT2D eigenvalue weighted by atomic mass is 19.1. The van der Waals surface area contributed by atoms with Crippen LogP contribution < -0.4 is 4.74 Å². The Labute approximate surface area is 136 Å². The van der Waals surface area contributed by atoms with Crippen LogP contribution in [0.25, 0.3) is 0 Å². The van der Waals surface area contributed by atoms with E-state index in [9.17, 15) is 4.39 Å². The maximum Gasteiger partial charge on any atom is 0.165 e. The molecule has 3 rings (SSSR count). The van der Waals surface area contributed by atoms with Gasteiger partial charge in [-0.15, -0.1) is 0 Å². The van der Waals surface area contributed by atoms with E-state index < -0.39 is 0 Å². The van der Waals surface area contributed by atoms with E-state index in [0.717, 1.165) is 39.0 Å². The maximum atomic E-state index is 13.6. The highest BCUT2D eigenvalue weighted by Crippen LogP contribution is 2.21. The van der Waals surface area contributed by atoms with Crippen molar-refractivity contribution >= 4 is 0 Å². The molecule has 1 saturated heterocycles. The number of rotatable bonds is 6. The van der Waals surface area contributed by atoms with Crippen molar-refractivity contribution in [3.05, 3.63) is 48.3 Å². The smallest absolute Gasteiger partial charge is 0.165 e. The van der Waals surface area contributed by atoms with Crippen molar-refractivity contribution < 1.29 is 9.13 Å². The SMILES string of the molecule is CCn1cncc1CN1CCC[C@H](COc2ccccc2F)C1. The number of hydrogen-bond donors (Lipinski definition) is 0. The van der Waals surface area contributed by atoms with Crippen LogP contribution >= 0.6 is 0 Å². The molecule has 2 aromatic rings. The molecule has 1 fully saturated rings. The molecule has 0 N–H and O–H groups in total. The second kappa shape index (κ2) is 7.59. The van der Waals surface area contributed by atoms with Crippen molar-refractivity contribution in [2.24, 2.45) is 5.92 Å². The normalized spacial score (nSPS) is 19.0. The molecule has 4 nitrogen and oxygen atoms in total. The Morgan fingerprint density at radius 3 is 3.04 bits per heavy atom. The van der Waals surface area contributed by atoms with Crippen LogP contribution in [0, 0.1) is 11.7 Å². The third kappa shape index (κ3) is 4.10. The van der Waals surface area contributed by atoms with Crippen molar-refractivity contribution in [1.82, 2.24) is 14.5 Å². The van der Waals surface area contributed by atoms with E-state index >= 15 is 0 Å². The summed E-state index contributed by atoms with van der Waals surface area (Å²) in [7, 11) is 0. The fourth-order valence-electron chi connectivity index (χ4n) is 3.19. The summed E-state index contributed by atoms with van der Waals surface area (Å²) < 4.78 is 21.5. The molecule has 1 atom stereocenters. The van der Waals surface area contributed by atoms with Crippen LogP contribution in [-0.4, -0.2) is 34.1 Å². The number of ether oxygens (including phenoxy) is 1. The van der Waals surface area contributed by atoms with Crippen LogP contribution in [0.5, 0.6) is 5.75 Å². The largest absolute Gasteiger partial charge is 0.490 e. The minimum Gasteiger partial charge on any atom is -0.490 e. The standard InChI is InChI=1S/C18H24FN3O/c1-2-22-14-20-10-16(22)12-21-9-5-6-15(11-21)13-23-18-8-4-3-7-17(18)19/h3-4,7-8,10,14-15H,2,5-6,9,11-13H2,1H3/t15-/m0/s1. The number of halogens is 1. The first kappa shape index (κ1) is 16.0. The lowest BCUT2D eigenvalue weighted by Crippen LogP contribution is -2.37. The summed E-state index contributed by atoms with van der Waals surface area (Å²) in [6.07, 6.45) is 6.13. The van der Waals surface area contributed by atoms with Gasteiger partial charge in [0.2, 0.25) is 0 Å². The van der Waals surface area contributed by atoms with E-state index in [2.05, 4.69) is 21.4 Å². The van der Waals surface area contributed by atoms with Gasteiger partial charge in [0.25, 0.3) is 0 Å². The zero-order chi connectivity index (χ0) is 16.1. The van der Waals surface area contributed by atoms with Gasteiger partial charge in [0.15, 0.2) is 11.6 Å². The highest BCUT2D eigenvalue weighted by Gasteiger charge is 2.21. The van der Waals surface area contributed by atoms with Gasteiger partial charge in [-0.25, -0.2) is 9.37 Å². The first-order valence-electron chi connectivity index (χ1n) is 8.35. The molecule has 0 amide bonds. The number of benzene rings is 1. The minimum absolute atomic E-state index is 0.285. The predicted molar refractivity (Wildman–Crippen MR) is 87.8 cm³/mol. The second-order valence-electron chi connectivity index (χ2n) is 6.16. The molecular formula is C18H24FN3O. The quantitative estimate of drug-likeness (QED) is 0.818. The molecule has 0 aliphatic carbocycles. The Kier molecular flexibility index (Phi) is 5.28. The van der Waals surface area contributed by atoms with E-state index in [1.54, 1.807) is 18.2 Å². The minimum atomic E-state index is -0.285. The molecule has 0 unspecified atom stereocenters. The number of piperidine rings is 1. The lowest BCUT2D eigenvalue weighted by Gasteiger charge is -2.32. The summed E-state index contributed by atoms with van der Waals surface area (Å²) in [6.45, 7) is 6.67. The molecule has 124 valence electrons. The van der Waals surface area contributed by atoms with Gasteiger partial charge in [-0.05, 0) is 38.4 Å². The van der Waals surface area contributed by atoms with Crippen LogP contribution in [0.15, 0.2) is 36.8 Å². The van der Waals surface area contributed by atoms with Gasteiger partial charge in [0.05, 0.1) is 18.6 Å². The van der Waals surface area contributed by atoms with Gasteiger partial charge >= 0.3 is 0 Å². The van der Waals surface area contributed by atoms with Crippen LogP contribution in [0.2, 0.25) is 0 Å². The number of likely N-dealkylation sites (tertiary alicyclic amines) is 1. The summed E-state index contributed by atoms with van der Waals surface area (Å²) in [5.41, 5.74) is 1.25. The average molecular weight is 317 g/mol.